The maximum absolute atomic E-state index is 6.18. The lowest BCUT2D eigenvalue weighted by Gasteiger charge is -2.23. The zero-order valence-corrected chi connectivity index (χ0v) is 14.3. The molecule has 0 bridgehead atoms. The van der Waals surface area contributed by atoms with E-state index in [1.807, 2.05) is 0 Å². The molecule has 1 aliphatic heterocycles. The second kappa shape index (κ2) is 4.20. The third kappa shape index (κ3) is 1.49. The molecule has 1 aliphatic carbocycles. The van der Waals surface area contributed by atoms with Crippen LogP contribution in [0.1, 0.15) is 25.0 Å². The fourth-order valence-electron chi connectivity index (χ4n) is 4.93. The molecule has 0 fully saturated rings. The van der Waals surface area contributed by atoms with Gasteiger partial charge in [-0.2, -0.15) is 4.57 Å². The second-order valence-corrected chi connectivity index (χ2v) is 7.65. The van der Waals surface area contributed by atoms with Crippen molar-refractivity contribution >= 4 is 21.5 Å². The highest BCUT2D eigenvalue weighted by Crippen LogP contribution is 2.56. The predicted octanol–water partition coefficient (Wildman–Crippen LogP) is 4.94. The zero-order chi connectivity index (χ0) is 16.8. The lowest BCUT2D eigenvalue weighted by atomic mass is 9.79. The van der Waals surface area contributed by atoms with Crippen LogP contribution in [0.2, 0.25) is 0 Å². The summed E-state index contributed by atoms with van der Waals surface area (Å²) in [5.74, 6) is 1.02. The Morgan fingerprint density at radius 2 is 1.56 bits per heavy atom. The molecule has 0 atom stereocenters. The predicted molar refractivity (Wildman–Crippen MR) is 99.8 cm³/mol. The van der Waals surface area contributed by atoms with E-state index in [0.717, 1.165) is 5.75 Å². The number of benzene rings is 3. The van der Waals surface area contributed by atoms with Crippen LogP contribution in [0.5, 0.6) is 5.75 Å². The van der Waals surface area contributed by atoms with Gasteiger partial charge in [-0.25, -0.2) is 0 Å². The molecule has 3 aromatic carbocycles. The Labute approximate surface area is 146 Å². The Balaban J connectivity index is 1.90. The van der Waals surface area contributed by atoms with Gasteiger partial charge in [0.05, 0.1) is 5.56 Å². The number of rotatable bonds is 0. The average molecular weight is 324 g/mol. The van der Waals surface area contributed by atoms with Crippen LogP contribution in [-0.2, 0) is 12.1 Å². The Morgan fingerprint density at radius 3 is 2.36 bits per heavy atom. The summed E-state index contributed by atoms with van der Waals surface area (Å²) < 4.78 is 8.46. The van der Waals surface area contributed by atoms with Gasteiger partial charge in [-0.05, 0) is 33.9 Å². The number of hydrogen-bond donors (Lipinski definition) is 0. The van der Waals surface area contributed by atoms with E-state index in [1.54, 1.807) is 0 Å². The molecule has 0 N–H and O–H groups in total. The summed E-state index contributed by atoms with van der Waals surface area (Å²) in [6.07, 6.45) is 2.23. The minimum atomic E-state index is -0.0589. The molecule has 2 aliphatic rings. The van der Waals surface area contributed by atoms with E-state index in [2.05, 4.69) is 79.2 Å². The van der Waals surface area contributed by atoms with Crippen molar-refractivity contribution in [3.63, 3.8) is 0 Å². The van der Waals surface area contributed by atoms with E-state index >= 15 is 0 Å². The van der Waals surface area contributed by atoms with Crippen molar-refractivity contribution in [3.8, 4) is 17.0 Å². The third-order valence-corrected chi connectivity index (χ3v) is 5.91. The number of pyridine rings is 1. The fraction of sp³-hybridized carbons (Fsp3) is 0.174. The molecule has 0 amide bonds. The monoisotopic (exact) mass is 324 g/mol. The van der Waals surface area contributed by atoms with Crippen LogP contribution in [0.3, 0.4) is 0 Å². The van der Waals surface area contributed by atoms with Gasteiger partial charge < -0.3 is 4.74 Å². The molecule has 1 aromatic heterocycles. The fourth-order valence-corrected chi connectivity index (χ4v) is 4.93. The Hall–Kier alpha value is -2.87. The highest BCUT2D eigenvalue weighted by molar-refractivity contribution is 6.03. The molecule has 120 valence electrons. The van der Waals surface area contributed by atoms with Crippen LogP contribution in [0.15, 0.2) is 60.8 Å². The number of hydrogen-bond acceptors (Lipinski definition) is 1. The SMILES string of the molecule is CC1(C)c2c3c(cc4ccccc24)OC[n+]2cc4ccccc4c1c2-3. The van der Waals surface area contributed by atoms with Crippen molar-refractivity contribution < 1.29 is 9.30 Å². The minimum Gasteiger partial charge on any atom is -0.435 e. The summed E-state index contributed by atoms with van der Waals surface area (Å²) in [7, 11) is 0. The van der Waals surface area contributed by atoms with Gasteiger partial charge in [-0.1, -0.05) is 56.3 Å². The second-order valence-electron chi connectivity index (χ2n) is 7.65. The standard InChI is InChI=1S/C23H18NO/c1-23(2)20-16-9-5-3-7-14(16)11-18-19(20)22-21(23)17-10-6-4-8-15(17)12-24(22)13-25-18/h3-12H,13H2,1-2H3/q+1. The molecule has 0 saturated carbocycles. The molecule has 2 heterocycles. The van der Waals surface area contributed by atoms with Gasteiger partial charge in [0.25, 0.3) is 6.73 Å². The van der Waals surface area contributed by atoms with Gasteiger partial charge in [0.15, 0.2) is 6.20 Å². The quantitative estimate of drug-likeness (QED) is 0.418. The highest BCUT2D eigenvalue weighted by atomic mass is 16.5. The molecule has 0 saturated heterocycles. The zero-order valence-electron chi connectivity index (χ0n) is 14.3. The van der Waals surface area contributed by atoms with E-state index in [0.29, 0.717) is 6.73 Å². The molecule has 4 aromatic rings. The molecule has 0 unspecified atom stereocenters. The maximum Gasteiger partial charge on any atom is 0.292 e. The molecule has 0 radical (unpaired) electrons. The van der Waals surface area contributed by atoms with Gasteiger partial charge in [-0.3, -0.25) is 0 Å². The number of aromatic nitrogens is 1. The van der Waals surface area contributed by atoms with Crippen molar-refractivity contribution in [1.82, 2.24) is 0 Å². The van der Waals surface area contributed by atoms with Crippen LogP contribution in [-0.4, -0.2) is 0 Å². The first kappa shape index (κ1) is 13.4. The van der Waals surface area contributed by atoms with Crippen molar-refractivity contribution in [2.75, 3.05) is 0 Å². The molecule has 25 heavy (non-hydrogen) atoms. The molecular formula is C23H18NO+. The molecule has 6 rings (SSSR count). The highest BCUT2D eigenvalue weighted by Gasteiger charge is 2.47. The molecule has 0 spiro atoms. The first-order valence-corrected chi connectivity index (χ1v) is 8.81. The van der Waals surface area contributed by atoms with Gasteiger partial charge in [0.2, 0.25) is 5.69 Å². The average Bonchev–Trinajstić information content (AvgIpc) is 2.89. The van der Waals surface area contributed by atoms with Crippen LogP contribution in [0.25, 0.3) is 32.8 Å². The van der Waals surface area contributed by atoms with Crippen LogP contribution in [0, 0.1) is 0 Å². The number of fused-ring (bicyclic) bond motifs is 4. The maximum atomic E-state index is 6.18. The van der Waals surface area contributed by atoms with E-state index in [-0.39, 0.29) is 5.41 Å². The van der Waals surface area contributed by atoms with Gasteiger partial charge in [0, 0.05) is 16.4 Å². The molecule has 2 heteroatoms. The number of nitrogens with zero attached hydrogens (tertiary/aromatic N) is 1. The lowest BCUT2D eigenvalue weighted by Crippen LogP contribution is -2.41. The summed E-state index contributed by atoms with van der Waals surface area (Å²) in [6.45, 7) is 5.29. The van der Waals surface area contributed by atoms with Gasteiger partial charge >= 0.3 is 0 Å². The third-order valence-electron chi connectivity index (χ3n) is 5.91. The first-order valence-electron chi connectivity index (χ1n) is 8.81. The Morgan fingerprint density at radius 1 is 0.880 bits per heavy atom. The van der Waals surface area contributed by atoms with Crippen molar-refractivity contribution in [2.24, 2.45) is 0 Å². The summed E-state index contributed by atoms with van der Waals surface area (Å²) in [5.41, 5.74) is 5.40. The smallest absolute Gasteiger partial charge is 0.292 e. The van der Waals surface area contributed by atoms with Gasteiger partial charge in [0.1, 0.15) is 5.75 Å². The largest absolute Gasteiger partial charge is 0.435 e. The van der Waals surface area contributed by atoms with Crippen molar-refractivity contribution in [3.05, 3.63) is 71.9 Å². The van der Waals surface area contributed by atoms with Crippen molar-refractivity contribution in [2.45, 2.75) is 26.0 Å². The van der Waals surface area contributed by atoms with E-state index < -0.39 is 0 Å². The van der Waals surface area contributed by atoms with E-state index in [4.69, 9.17) is 4.74 Å². The summed E-state index contributed by atoms with van der Waals surface area (Å²) in [6, 6.07) is 19.6. The Kier molecular flexibility index (Phi) is 2.26. The minimum absolute atomic E-state index is 0.0589. The van der Waals surface area contributed by atoms with Gasteiger partial charge in [-0.15, -0.1) is 0 Å². The van der Waals surface area contributed by atoms with Crippen molar-refractivity contribution in [1.29, 1.82) is 0 Å². The molecular weight excluding hydrogens is 306 g/mol. The van der Waals surface area contributed by atoms with Crippen LogP contribution >= 0.6 is 0 Å². The van der Waals surface area contributed by atoms with Crippen LogP contribution in [0.4, 0.5) is 0 Å². The number of ether oxygens (including phenoxy) is 1. The Bertz CT molecular complexity index is 1120. The topological polar surface area (TPSA) is 13.1 Å². The normalized spacial score (nSPS) is 16.1. The summed E-state index contributed by atoms with van der Waals surface area (Å²) in [4.78, 5) is 0. The molecule has 2 nitrogen and oxygen atoms in total. The van der Waals surface area contributed by atoms with E-state index in [1.165, 1.54) is 43.9 Å². The van der Waals surface area contributed by atoms with Crippen LogP contribution < -0.4 is 9.30 Å². The van der Waals surface area contributed by atoms with E-state index in [9.17, 15) is 0 Å². The lowest BCUT2D eigenvalue weighted by molar-refractivity contribution is -0.716. The summed E-state index contributed by atoms with van der Waals surface area (Å²) >= 11 is 0. The summed E-state index contributed by atoms with van der Waals surface area (Å²) in [5, 5.41) is 5.23. The first-order chi connectivity index (χ1) is 12.2.